The zero-order valence-electron chi connectivity index (χ0n) is 12.9. The smallest absolute Gasteiger partial charge is 0.270 e. The summed E-state index contributed by atoms with van der Waals surface area (Å²) in [6.45, 7) is 4.70. The molecule has 0 aromatic heterocycles. The van der Waals surface area contributed by atoms with Crippen LogP contribution in [0.5, 0.6) is 0 Å². The molecule has 7 unspecified atom stereocenters. The summed E-state index contributed by atoms with van der Waals surface area (Å²) in [5.41, 5.74) is 0. The van der Waals surface area contributed by atoms with Gasteiger partial charge in [-0.25, -0.2) is 9.68 Å². The molecule has 4 aliphatic carbocycles. The van der Waals surface area contributed by atoms with Gasteiger partial charge in [0.05, 0.1) is 13.2 Å². The number of fused-ring (bicyclic) bond motifs is 9. The second kappa shape index (κ2) is 5.10. The number of hydroxylamine groups is 2. The number of allylic oxidation sites excluding steroid dienone is 2. The van der Waals surface area contributed by atoms with Crippen LogP contribution in [0.2, 0.25) is 0 Å². The van der Waals surface area contributed by atoms with Crippen molar-refractivity contribution < 1.29 is 14.5 Å². The SMILES string of the molecule is CCON(OCC)C(=O)C1CC2CC1C1C3C=CC(C3)C21. The van der Waals surface area contributed by atoms with Gasteiger partial charge in [0.15, 0.2) is 0 Å². The van der Waals surface area contributed by atoms with E-state index in [0.717, 1.165) is 36.0 Å². The molecule has 3 fully saturated rings. The summed E-state index contributed by atoms with van der Waals surface area (Å²) >= 11 is 0. The summed E-state index contributed by atoms with van der Waals surface area (Å²) in [5, 5.41) is 1.17. The molecule has 0 spiro atoms. The van der Waals surface area contributed by atoms with Gasteiger partial charge in [-0.05, 0) is 68.6 Å². The predicted octanol–water partition coefficient (Wildman–Crippen LogP) is 2.81. The third kappa shape index (κ3) is 1.92. The number of hydrogen-bond donors (Lipinski definition) is 0. The van der Waals surface area contributed by atoms with Crippen molar-refractivity contribution in [1.29, 1.82) is 0 Å². The summed E-state index contributed by atoms with van der Waals surface area (Å²) in [4.78, 5) is 23.5. The van der Waals surface area contributed by atoms with E-state index >= 15 is 0 Å². The van der Waals surface area contributed by atoms with Crippen molar-refractivity contribution >= 4 is 5.91 Å². The molecule has 0 aromatic carbocycles. The van der Waals surface area contributed by atoms with E-state index in [4.69, 9.17) is 9.68 Å². The highest BCUT2D eigenvalue weighted by molar-refractivity contribution is 5.78. The summed E-state index contributed by atoms with van der Waals surface area (Å²) in [6.07, 6.45) is 8.47. The second-order valence-corrected chi connectivity index (χ2v) is 7.04. The maximum absolute atomic E-state index is 12.8. The lowest BCUT2D eigenvalue weighted by atomic mass is 9.69. The van der Waals surface area contributed by atoms with Gasteiger partial charge < -0.3 is 0 Å². The number of rotatable bonds is 5. The molecular weight excluding hydrogens is 266 g/mol. The van der Waals surface area contributed by atoms with Gasteiger partial charge in [-0.2, -0.15) is 0 Å². The van der Waals surface area contributed by atoms with E-state index < -0.39 is 0 Å². The highest BCUT2D eigenvalue weighted by Gasteiger charge is 2.62. The van der Waals surface area contributed by atoms with Crippen molar-refractivity contribution in [2.24, 2.45) is 41.4 Å². The van der Waals surface area contributed by atoms with Crippen LogP contribution in [0.4, 0.5) is 0 Å². The van der Waals surface area contributed by atoms with Crippen LogP contribution in [0.25, 0.3) is 0 Å². The van der Waals surface area contributed by atoms with Crippen molar-refractivity contribution in [1.82, 2.24) is 5.23 Å². The summed E-state index contributed by atoms with van der Waals surface area (Å²) in [6, 6.07) is 0. The van der Waals surface area contributed by atoms with E-state index in [1.807, 2.05) is 13.8 Å². The molecule has 4 bridgehead atoms. The minimum atomic E-state index is 0.0522. The van der Waals surface area contributed by atoms with Crippen molar-refractivity contribution in [3.8, 4) is 0 Å². The Bertz CT molecular complexity index is 457. The Morgan fingerprint density at radius 1 is 1.05 bits per heavy atom. The largest absolute Gasteiger partial charge is 0.276 e. The molecule has 4 rings (SSSR count). The first-order valence-electron chi connectivity index (χ1n) is 8.52. The minimum Gasteiger partial charge on any atom is -0.270 e. The zero-order chi connectivity index (χ0) is 14.6. The molecule has 1 amide bonds. The van der Waals surface area contributed by atoms with E-state index in [0.29, 0.717) is 19.1 Å². The Labute approximate surface area is 126 Å². The molecule has 0 heterocycles. The van der Waals surface area contributed by atoms with E-state index in [-0.39, 0.29) is 11.8 Å². The lowest BCUT2D eigenvalue weighted by Crippen LogP contribution is -2.42. The number of carbonyl (C=O) groups is 1. The van der Waals surface area contributed by atoms with Gasteiger partial charge in [0, 0.05) is 5.92 Å². The highest BCUT2D eigenvalue weighted by atomic mass is 17.0. The third-order valence-corrected chi connectivity index (χ3v) is 6.26. The Balaban J connectivity index is 1.51. The summed E-state index contributed by atoms with van der Waals surface area (Å²) in [7, 11) is 0. The minimum absolute atomic E-state index is 0.0522. The second-order valence-electron chi connectivity index (χ2n) is 7.04. The van der Waals surface area contributed by atoms with Gasteiger partial charge in [-0.15, -0.1) is 0 Å². The van der Waals surface area contributed by atoms with E-state index in [1.54, 1.807) is 0 Å². The van der Waals surface area contributed by atoms with Crippen LogP contribution in [0.3, 0.4) is 0 Å². The molecule has 7 atom stereocenters. The topological polar surface area (TPSA) is 38.8 Å². The molecular formula is C17H25NO3. The molecule has 4 nitrogen and oxygen atoms in total. The van der Waals surface area contributed by atoms with Crippen LogP contribution in [0.1, 0.15) is 33.1 Å². The van der Waals surface area contributed by atoms with Crippen LogP contribution in [0.15, 0.2) is 12.2 Å². The highest BCUT2D eigenvalue weighted by Crippen LogP contribution is 2.67. The van der Waals surface area contributed by atoms with Gasteiger partial charge in [-0.1, -0.05) is 17.4 Å². The third-order valence-electron chi connectivity index (χ3n) is 6.26. The average molecular weight is 291 g/mol. The van der Waals surface area contributed by atoms with Crippen LogP contribution in [0, 0.1) is 41.4 Å². The van der Waals surface area contributed by atoms with Crippen LogP contribution in [-0.2, 0) is 14.5 Å². The Hall–Kier alpha value is -0.870. The molecule has 116 valence electrons. The maximum Gasteiger partial charge on any atom is 0.276 e. The lowest BCUT2D eigenvalue weighted by molar-refractivity contribution is -0.341. The lowest BCUT2D eigenvalue weighted by Gasteiger charge is -2.37. The number of nitrogens with zero attached hydrogens (tertiary/aromatic N) is 1. The fourth-order valence-corrected chi connectivity index (χ4v) is 5.83. The number of hydrogen-bond acceptors (Lipinski definition) is 3. The van der Waals surface area contributed by atoms with Crippen LogP contribution < -0.4 is 0 Å². The fraction of sp³-hybridized carbons (Fsp3) is 0.824. The van der Waals surface area contributed by atoms with Crippen LogP contribution in [-0.4, -0.2) is 24.3 Å². The van der Waals surface area contributed by atoms with E-state index in [2.05, 4.69) is 12.2 Å². The summed E-state index contributed by atoms with van der Waals surface area (Å²) in [5.74, 6) is 4.62. The average Bonchev–Trinajstić information content (AvgIpc) is 3.23. The quantitative estimate of drug-likeness (QED) is 0.444. The van der Waals surface area contributed by atoms with Gasteiger partial charge in [-0.3, -0.25) is 4.79 Å². The van der Waals surface area contributed by atoms with Gasteiger partial charge in [0.1, 0.15) is 0 Å². The molecule has 4 aliphatic rings. The molecule has 0 aliphatic heterocycles. The standard InChI is InChI=1S/C17H25NO3/c1-3-20-18(21-4-2)17(19)14-9-12-8-13(14)16-11-6-5-10(7-11)15(12)16/h5-6,10-16H,3-4,7-9H2,1-2H3. The Morgan fingerprint density at radius 2 is 1.71 bits per heavy atom. The normalized spacial score (nSPS) is 45.3. The maximum atomic E-state index is 12.8. The van der Waals surface area contributed by atoms with Crippen molar-refractivity contribution in [2.45, 2.75) is 33.1 Å². The Kier molecular flexibility index (Phi) is 3.34. The molecule has 0 saturated heterocycles. The molecule has 4 heteroatoms. The molecule has 0 N–H and O–H groups in total. The first-order valence-corrected chi connectivity index (χ1v) is 8.52. The van der Waals surface area contributed by atoms with Gasteiger partial charge in [0.2, 0.25) is 0 Å². The molecule has 21 heavy (non-hydrogen) atoms. The monoisotopic (exact) mass is 291 g/mol. The van der Waals surface area contributed by atoms with Gasteiger partial charge >= 0.3 is 0 Å². The van der Waals surface area contributed by atoms with Crippen molar-refractivity contribution in [2.75, 3.05) is 13.2 Å². The van der Waals surface area contributed by atoms with Gasteiger partial charge in [0.25, 0.3) is 5.91 Å². The number of amides is 1. The number of carbonyl (C=O) groups excluding carboxylic acids is 1. The van der Waals surface area contributed by atoms with Crippen molar-refractivity contribution in [3.63, 3.8) is 0 Å². The van der Waals surface area contributed by atoms with Crippen LogP contribution >= 0.6 is 0 Å². The summed E-state index contributed by atoms with van der Waals surface area (Å²) < 4.78 is 0. The molecule has 0 aromatic rings. The first-order chi connectivity index (χ1) is 10.2. The molecule has 0 radical (unpaired) electrons. The van der Waals surface area contributed by atoms with E-state index in [1.165, 1.54) is 18.1 Å². The first kappa shape index (κ1) is 13.8. The predicted molar refractivity (Wildman–Crippen MR) is 77.5 cm³/mol. The fourth-order valence-electron chi connectivity index (χ4n) is 5.83. The van der Waals surface area contributed by atoms with E-state index in [9.17, 15) is 4.79 Å². The Morgan fingerprint density at radius 3 is 2.38 bits per heavy atom. The van der Waals surface area contributed by atoms with Crippen molar-refractivity contribution in [3.05, 3.63) is 12.2 Å². The molecule has 3 saturated carbocycles. The zero-order valence-corrected chi connectivity index (χ0v) is 12.9.